The van der Waals surface area contributed by atoms with Gasteiger partial charge in [-0.15, -0.1) is 10.2 Å². The molecule has 0 aliphatic heterocycles. The van der Waals surface area contributed by atoms with Gasteiger partial charge in [-0.05, 0) is 13.0 Å². The van der Waals surface area contributed by atoms with Crippen LogP contribution in [0, 0.1) is 0 Å². The third kappa shape index (κ3) is 3.31. The van der Waals surface area contributed by atoms with Crippen LogP contribution in [0.15, 0.2) is 24.8 Å². The smallest absolute Gasteiger partial charge is 0.254 e. The van der Waals surface area contributed by atoms with Gasteiger partial charge in [-0.2, -0.15) is 0 Å². The van der Waals surface area contributed by atoms with E-state index in [-0.39, 0.29) is 5.91 Å². The zero-order valence-electron chi connectivity index (χ0n) is 11.6. The number of aryl methyl sites for hydroxylation is 1. The number of hydrogen-bond acceptors (Lipinski definition) is 5. The van der Waals surface area contributed by atoms with Crippen LogP contribution in [-0.4, -0.2) is 38.7 Å². The number of anilines is 1. The molecule has 1 amide bonds. The molecule has 0 aromatic carbocycles. The number of carbonyl (C=O) groups is 1. The summed E-state index contributed by atoms with van der Waals surface area (Å²) in [4.78, 5) is 16.1. The molecule has 106 valence electrons. The van der Waals surface area contributed by atoms with E-state index in [0.29, 0.717) is 18.5 Å². The van der Waals surface area contributed by atoms with Crippen molar-refractivity contribution in [3.05, 3.63) is 36.2 Å². The van der Waals surface area contributed by atoms with Crippen molar-refractivity contribution in [2.45, 2.75) is 13.3 Å². The van der Waals surface area contributed by atoms with Crippen LogP contribution in [-0.2, 0) is 13.5 Å². The second-order valence-corrected chi connectivity index (χ2v) is 4.32. The molecular formula is C13H18N6O. The van der Waals surface area contributed by atoms with E-state index in [0.717, 1.165) is 18.1 Å². The van der Waals surface area contributed by atoms with Gasteiger partial charge in [0.1, 0.15) is 12.2 Å². The van der Waals surface area contributed by atoms with Crippen molar-refractivity contribution in [3.63, 3.8) is 0 Å². The Bertz CT molecular complexity index is 580. The van der Waals surface area contributed by atoms with Crippen LogP contribution < -0.4 is 10.6 Å². The average Bonchev–Trinajstić information content (AvgIpc) is 2.85. The highest BCUT2D eigenvalue weighted by Gasteiger charge is 2.11. The standard InChI is InChI=1S/C13H18N6O/c1-3-15-11-4-6-14-8-10(11)13(20)16-7-5-12-18-17-9-19(12)2/h4,6,8-9H,3,5,7H2,1-2H3,(H,14,15)(H,16,20). The second kappa shape index (κ2) is 6.65. The quantitative estimate of drug-likeness (QED) is 0.806. The Balaban J connectivity index is 1.93. The molecule has 7 heteroatoms. The molecule has 2 rings (SSSR count). The van der Waals surface area contributed by atoms with Crippen molar-refractivity contribution in [1.82, 2.24) is 25.1 Å². The topological polar surface area (TPSA) is 84.7 Å². The number of hydrogen-bond donors (Lipinski definition) is 2. The molecule has 2 aromatic rings. The van der Waals surface area contributed by atoms with Crippen molar-refractivity contribution in [1.29, 1.82) is 0 Å². The number of amides is 1. The number of nitrogens with one attached hydrogen (secondary N) is 2. The van der Waals surface area contributed by atoms with Crippen LogP contribution in [0.25, 0.3) is 0 Å². The highest BCUT2D eigenvalue weighted by Crippen LogP contribution is 2.12. The van der Waals surface area contributed by atoms with Crippen LogP contribution >= 0.6 is 0 Å². The van der Waals surface area contributed by atoms with Gasteiger partial charge in [0.05, 0.1) is 11.3 Å². The normalized spacial score (nSPS) is 10.3. The molecule has 0 aliphatic rings. The summed E-state index contributed by atoms with van der Waals surface area (Å²) < 4.78 is 1.83. The summed E-state index contributed by atoms with van der Waals surface area (Å²) in [6.45, 7) is 3.24. The lowest BCUT2D eigenvalue weighted by Gasteiger charge is -2.10. The van der Waals surface area contributed by atoms with E-state index in [4.69, 9.17) is 0 Å². The van der Waals surface area contributed by atoms with Gasteiger partial charge in [0, 0.05) is 39.0 Å². The summed E-state index contributed by atoms with van der Waals surface area (Å²) >= 11 is 0. The van der Waals surface area contributed by atoms with Crippen molar-refractivity contribution >= 4 is 11.6 Å². The third-order valence-corrected chi connectivity index (χ3v) is 2.87. The van der Waals surface area contributed by atoms with E-state index in [2.05, 4.69) is 25.8 Å². The van der Waals surface area contributed by atoms with E-state index < -0.39 is 0 Å². The Morgan fingerprint density at radius 1 is 1.45 bits per heavy atom. The first-order valence-corrected chi connectivity index (χ1v) is 6.51. The Kier molecular flexibility index (Phi) is 4.65. The van der Waals surface area contributed by atoms with Crippen molar-refractivity contribution in [2.75, 3.05) is 18.4 Å². The fraction of sp³-hybridized carbons (Fsp3) is 0.385. The molecule has 7 nitrogen and oxygen atoms in total. The Hall–Kier alpha value is -2.44. The fourth-order valence-corrected chi connectivity index (χ4v) is 1.84. The van der Waals surface area contributed by atoms with Gasteiger partial charge in [0.15, 0.2) is 0 Å². The average molecular weight is 274 g/mol. The third-order valence-electron chi connectivity index (χ3n) is 2.87. The van der Waals surface area contributed by atoms with Crippen molar-refractivity contribution < 1.29 is 4.79 Å². The summed E-state index contributed by atoms with van der Waals surface area (Å²) in [7, 11) is 1.88. The summed E-state index contributed by atoms with van der Waals surface area (Å²) in [5, 5.41) is 13.8. The maximum absolute atomic E-state index is 12.1. The van der Waals surface area contributed by atoms with Crippen LogP contribution in [0.1, 0.15) is 23.1 Å². The van der Waals surface area contributed by atoms with E-state index >= 15 is 0 Å². The first-order valence-electron chi connectivity index (χ1n) is 6.51. The number of carbonyl (C=O) groups excluding carboxylic acids is 1. The summed E-state index contributed by atoms with van der Waals surface area (Å²) in [6.07, 6.45) is 5.50. The van der Waals surface area contributed by atoms with Crippen molar-refractivity contribution in [3.8, 4) is 0 Å². The largest absolute Gasteiger partial charge is 0.385 e. The van der Waals surface area contributed by atoms with Gasteiger partial charge in [-0.25, -0.2) is 0 Å². The van der Waals surface area contributed by atoms with Crippen LogP contribution in [0.3, 0.4) is 0 Å². The molecule has 2 heterocycles. The molecule has 0 saturated carbocycles. The Morgan fingerprint density at radius 2 is 2.30 bits per heavy atom. The molecule has 0 radical (unpaired) electrons. The predicted octanol–water partition coefficient (Wildman–Crippen LogP) is 0.614. The van der Waals surface area contributed by atoms with Gasteiger partial charge >= 0.3 is 0 Å². The molecule has 0 spiro atoms. The molecule has 20 heavy (non-hydrogen) atoms. The molecule has 0 bridgehead atoms. The Morgan fingerprint density at radius 3 is 3.00 bits per heavy atom. The van der Waals surface area contributed by atoms with Crippen molar-refractivity contribution in [2.24, 2.45) is 7.05 Å². The monoisotopic (exact) mass is 274 g/mol. The number of aromatic nitrogens is 4. The molecule has 2 aromatic heterocycles. The first-order chi connectivity index (χ1) is 9.72. The lowest BCUT2D eigenvalue weighted by atomic mass is 10.2. The summed E-state index contributed by atoms with van der Waals surface area (Å²) in [5.74, 6) is 0.694. The van der Waals surface area contributed by atoms with Gasteiger partial charge in [-0.3, -0.25) is 9.78 Å². The molecule has 0 aliphatic carbocycles. The maximum Gasteiger partial charge on any atom is 0.254 e. The van der Waals surface area contributed by atoms with Gasteiger partial charge in [0.2, 0.25) is 0 Å². The molecule has 0 unspecified atom stereocenters. The fourth-order valence-electron chi connectivity index (χ4n) is 1.84. The number of pyridine rings is 1. The number of nitrogens with zero attached hydrogens (tertiary/aromatic N) is 4. The van der Waals surface area contributed by atoms with E-state index in [1.807, 2.05) is 18.5 Å². The zero-order valence-corrected chi connectivity index (χ0v) is 11.6. The van der Waals surface area contributed by atoms with Gasteiger partial charge < -0.3 is 15.2 Å². The summed E-state index contributed by atoms with van der Waals surface area (Å²) in [5.41, 5.74) is 1.34. The van der Waals surface area contributed by atoms with E-state index in [1.165, 1.54) is 0 Å². The van der Waals surface area contributed by atoms with Crippen LogP contribution in [0.2, 0.25) is 0 Å². The van der Waals surface area contributed by atoms with E-state index in [1.54, 1.807) is 24.8 Å². The molecule has 2 N–H and O–H groups in total. The van der Waals surface area contributed by atoms with Crippen LogP contribution in [0.5, 0.6) is 0 Å². The highest BCUT2D eigenvalue weighted by atomic mass is 16.1. The highest BCUT2D eigenvalue weighted by molar-refractivity contribution is 5.99. The van der Waals surface area contributed by atoms with E-state index in [9.17, 15) is 4.79 Å². The van der Waals surface area contributed by atoms with Gasteiger partial charge in [0.25, 0.3) is 5.91 Å². The predicted molar refractivity (Wildman–Crippen MR) is 75.4 cm³/mol. The second-order valence-electron chi connectivity index (χ2n) is 4.32. The molecule has 0 saturated heterocycles. The van der Waals surface area contributed by atoms with Gasteiger partial charge in [-0.1, -0.05) is 0 Å². The maximum atomic E-state index is 12.1. The van der Waals surface area contributed by atoms with Crippen LogP contribution in [0.4, 0.5) is 5.69 Å². The molecular weight excluding hydrogens is 256 g/mol. The minimum Gasteiger partial charge on any atom is -0.385 e. The lowest BCUT2D eigenvalue weighted by Crippen LogP contribution is -2.27. The Labute approximate surface area is 117 Å². The SMILES string of the molecule is CCNc1ccncc1C(=O)NCCc1nncn1C. The zero-order chi connectivity index (χ0) is 14.4. The molecule has 0 atom stereocenters. The first kappa shape index (κ1) is 14.0. The minimum atomic E-state index is -0.142. The molecule has 0 fully saturated rings. The lowest BCUT2D eigenvalue weighted by molar-refractivity contribution is 0.0954. The summed E-state index contributed by atoms with van der Waals surface area (Å²) in [6, 6.07) is 1.79. The number of rotatable bonds is 6. The minimum absolute atomic E-state index is 0.142.